The molecule has 0 aliphatic heterocycles. The van der Waals surface area contributed by atoms with Crippen LogP contribution in [0.4, 0.5) is 13.2 Å². The fourth-order valence-electron chi connectivity index (χ4n) is 1.22. The molecule has 1 atom stereocenters. The summed E-state index contributed by atoms with van der Waals surface area (Å²) in [5.41, 5.74) is 6.16. The van der Waals surface area contributed by atoms with Crippen LogP contribution >= 0.6 is 0 Å². The number of halogens is 3. The summed E-state index contributed by atoms with van der Waals surface area (Å²) in [7, 11) is 1.66. The van der Waals surface area contributed by atoms with Crippen molar-refractivity contribution in [1.82, 2.24) is 19.9 Å². The van der Waals surface area contributed by atoms with Crippen molar-refractivity contribution in [2.45, 2.75) is 12.2 Å². The number of alkyl halides is 3. The average Bonchev–Trinajstić information content (AvgIpc) is 2.83. The minimum absolute atomic E-state index is 0.301. The highest BCUT2D eigenvalue weighted by Crippen LogP contribution is 2.28. The summed E-state index contributed by atoms with van der Waals surface area (Å²) >= 11 is 0. The van der Waals surface area contributed by atoms with Gasteiger partial charge in [0.15, 0.2) is 0 Å². The van der Waals surface area contributed by atoms with E-state index in [1.807, 2.05) is 0 Å². The third-order valence-corrected chi connectivity index (χ3v) is 2.05. The fraction of sp³-hybridized carbons (Fsp3) is 0.375. The zero-order valence-corrected chi connectivity index (χ0v) is 8.64. The van der Waals surface area contributed by atoms with Gasteiger partial charge < -0.3 is 10.3 Å². The van der Waals surface area contributed by atoms with Gasteiger partial charge in [0.2, 0.25) is 5.89 Å². The second kappa shape index (κ2) is 3.84. The predicted molar refractivity (Wildman–Crippen MR) is 48.5 cm³/mol. The smallest absolute Gasteiger partial charge is 0.337 e. The van der Waals surface area contributed by atoms with Crippen molar-refractivity contribution in [3.63, 3.8) is 0 Å². The van der Waals surface area contributed by atoms with Crippen molar-refractivity contribution in [1.29, 1.82) is 0 Å². The van der Waals surface area contributed by atoms with Crippen LogP contribution in [0.15, 0.2) is 16.9 Å². The molecule has 0 aliphatic carbocycles. The number of nitrogens with two attached hydrogens (primary N) is 1. The van der Waals surface area contributed by atoms with E-state index in [9.17, 15) is 13.2 Å². The van der Waals surface area contributed by atoms with Crippen LogP contribution in [0.5, 0.6) is 0 Å². The summed E-state index contributed by atoms with van der Waals surface area (Å²) in [4.78, 5) is 3.20. The van der Waals surface area contributed by atoms with Crippen molar-refractivity contribution in [3.8, 4) is 0 Å². The van der Waals surface area contributed by atoms with Gasteiger partial charge in [-0.25, -0.2) is 0 Å². The molecule has 0 fully saturated rings. The normalized spacial score (nSPS) is 13.9. The zero-order valence-electron chi connectivity index (χ0n) is 8.64. The minimum Gasteiger partial charge on any atom is -0.337 e. The Morgan fingerprint density at radius 3 is 2.65 bits per heavy atom. The lowest BCUT2D eigenvalue weighted by Crippen LogP contribution is -2.13. The van der Waals surface area contributed by atoms with Crippen LogP contribution in [0, 0.1) is 0 Å². The molecule has 0 saturated carbocycles. The van der Waals surface area contributed by atoms with E-state index in [-0.39, 0.29) is 5.89 Å². The van der Waals surface area contributed by atoms with Crippen molar-refractivity contribution < 1.29 is 17.7 Å². The third kappa shape index (κ3) is 2.28. The molecule has 2 heterocycles. The van der Waals surface area contributed by atoms with Crippen molar-refractivity contribution in [2.75, 3.05) is 0 Å². The molecule has 6 nitrogen and oxygen atoms in total. The quantitative estimate of drug-likeness (QED) is 0.851. The van der Waals surface area contributed by atoms with Crippen molar-refractivity contribution >= 4 is 0 Å². The standard InChI is InChI=1S/C8H8F3N5O/c1-16-3-4(2-13-16)5(12)6-14-7(15-17-6)8(9,10)11/h2-3,5H,12H2,1H3. The van der Waals surface area contributed by atoms with Crippen molar-refractivity contribution in [2.24, 2.45) is 12.8 Å². The molecule has 0 saturated heterocycles. The third-order valence-electron chi connectivity index (χ3n) is 2.05. The maximum absolute atomic E-state index is 12.2. The highest BCUT2D eigenvalue weighted by molar-refractivity contribution is 5.17. The lowest BCUT2D eigenvalue weighted by atomic mass is 10.2. The van der Waals surface area contributed by atoms with Gasteiger partial charge in [-0.05, 0) is 0 Å². The first-order valence-corrected chi connectivity index (χ1v) is 4.53. The van der Waals surface area contributed by atoms with E-state index >= 15 is 0 Å². The molecule has 0 amide bonds. The maximum atomic E-state index is 12.2. The number of nitrogens with zero attached hydrogens (tertiary/aromatic N) is 4. The number of aromatic nitrogens is 4. The Balaban J connectivity index is 2.26. The Hall–Kier alpha value is -1.90. The van der Waals surface area contributed by atoms with Gasteiger partial charge in [0, 0.05) is 18.8 Å². The summed E-state index contributed by atoms with van der Waals surface area (Å²) in [5.74, 6) is -1.64. The molecule has 0 radical (unpaired) electrons. The first kappa shape index (κ1) is 11.6. The minimum atomic E-state index is -4.64. The molecular weight excluding hydrogens is 239 g/mol. The first-order valence-electron chi connectivity index (χ1n) is 4.53. The molecule has 0 aliphatic rings. The van der Waals surface area contributed by atoms with Gasteiger partial charge >= 0.3 is 6.18 Å². The van der Waals surface area contributed by atoms with E-state index in [0.29, 0.717) is 5.56 Å². The molecule has 2 aromatic heterocycles. The van der Waals surface area contributed by atoms with Gasteiger partial charge in [-0.15, -0.1) is 0 Å². The Morgan fingerprint density at radius 1 is 1.47 bits per heavy atom. The molecule has 1 unspecified atom stereocenters. The number of hydrogen-bond acceptors (Lipinski definition) is 5. The molecule has 92 valence electrons. The van der Waals surface area contributed by atoms with Gasteiger partial charge in [0.1, 0.15) is 6.04 Å². The van der Waals surface area contributed by atoms with Gasteiger partial charge in [0.05, 0.1) is 6.20 Å². The fourth-order valence-corrected chi connectivity index (χ4v) is 1.22. The largest absolute Gasteiger partial charge is 0.455 e. The van der Waals surface area contributed by atoms with E-state index in [1.165, 1.54) is 10.9 Å². The number of hydrogen-bond donors (Lipinski definition) is 1. The molecule has 17 heavy (non-hydrogen) atoms. The summed E-state index contributed by atoms with van der Waals surface area (Å²) in [6.07, 6.45) is -1.67. The lowest BCUT2D eigenvalue weighted by molar-refractivity contribution is -0.146. The highest BCUT2D eigenvalue weighted by atomic mass is 19.4. The first-order chi connectivity index (χ1) is 7.88. The van der Waals surface area contributed by atoms with E-state index < -0.39 is 18.0 Å². The predicted octanol–water partition coefficient (Wildman–Crippen LogP) is 0.870. The van der Waals surface area contributed by atoms with Crippen LogP contribution in [0.3, 0.4) is 0 Å². The van der Waals surface area contributed by atoms with E-state index in [1.54, 1.807) is 13.2 Å². The van der Waals surface area contributed by atoms with Crippen LogP contribution in [-0.2, 0) is 13.2 Å². The van der Waals surface area contributed by atoms with Crippen molar-refractivity contribution in [3.05, 3.63) is 29.7 Å². The summed E-state index contributed by atoms with van der Waals surface area (Å²) < 4.78 is 42.6. The molecule has 0 bridgehead atoms. The average molecular weight is 247 g/mol. The molecule has 2 aromatic rings. The van der Waals surface area contributed by atoms with Crippen LogP contribution < -0.4 is 5.73 Å². The van der Waals surface area contributed by atoms with Gasteiger partial charge in [-0.3, -0.25) is 4.68 Å². The SMILES string of the molecule is Cn1cc(C(N)c2nc(C(F)(F)F)no2)cn1. The monoisotopic (exact) mass is 247 g/mol. The van der Waals surface area contributed by atoms with Crippen LogP contribution in [0.25, 0.3) is 0 Å². The lowest BCUT2D eigenvalue weighted by Gasteiger charge is -2.02. The van der Waals surface area contributed by atoms with Gasteiger partial charge in [0.25, 0.3) is 5.82 Å². The van der Waals surface area contributed by atoms with Crippen LogP contribution in [0.1, 0.15) is 23.3 Å². The number of rotatable bonds is 2. The molecule has 2 N–H and O–H groups in total. The molecule has 2 rings (SSSR count). The molecule has 9 heteroatoms. The molecule has 0 spiro atoms. The van der Waals surface area contributed by atoms with E-state index in [2.05, 4.69) is 19.8 Å². The molecule has 0 aromatic carbocycles. The second-order valence-corrected chi connectivity index (χ2v) is 3.38. The summed E-state index contributed by atoms with van der Waals surface area (Å²) in [5, 5.41) is 6.67. The Labute approximate surface area is 93.2 Å². The molecular formula is C8H8F3N5O. The van der Waals surface area contributed by atoms with Gasteiger partial charge in [-0.1, -0.05) is 5.16 Å². The topological polar surface area (TPSA) is 82.8 Å². The van der Waals surface area contributed by atoms with Crippen LogP contribution in [0.2, 0.25) is 0 Å². The summed E-state index contributed by atoms with van der Waals surface area (Å²) in [6.45, 7) is 0. The Bertz CT molecular complexity index is 517. The second-order valence-electron chi connectivity index (χ2n) is 3.38. The van der Waals surface area contributed by atoms with Crippen LogP contribution in [-0.4, -0.2) is 19.9 Å². The van der Waals surface area contributed by atoms with E-state index in [0.717, 1.165) is 0 Å². The maximum Gasteiger partial charge on any atom is 0.455 e. The Morgan fingerprint density at radius 2 is 2.18 bits per heavy atom. The zero-order chi connectivity index (χ0) is 12.6. The highest BCUT2D eigenvalue weighted by Gasteiger charge is 2.38. The number of aryl methyl sites for hydroxylation is 1. The summed E-state index contributed by atoms with van der Waals surface area (Å²) in [6, 6.07) is -0.924. The Kier molecular flexibility index (Phi) is 2.62. The van der Waals surface area contributed by atoms with E-state index in [4.69, 9.17) is 5.73 Å². The van der Waals surface area contributed by atoms with Gasteiger partial charge in [-0.2, -0.15) is 23.3 Å².